The molecule has 6 nitrogen and oxygen atoms in total. The van der Waals surface area contributed by atoms with Crippen LogP contribution in [0.2, 0.25) is 0 Å². The second kappa shape index (κ2) is 8.86. The molecule has 1 aromatic heterocycles. The largest absolute Gasteiger partial charge is 0.382 e. The Bertz CT molecular complexity index is 353. The first-order valence-electron chi connectivity index (χ1n) is 5.50. The van der Waals surface area contributed by atoms with Gasteiger partial charge in [0, 0.05) is 19.5 Å². The highest BCUT2D eigenvalue weighted by atomic mass is 16.5. The van der Waals surface area contributed by atoms with Crippen LogP contribution in [-0.4, -0.2) is 49.7 Å². The topological polar surface area (TPSA) is 62.6 Å². The quantitative estimate of drug-likeness (QED) is 0.567. The third kappa shape index (κ3) is 6.15. The van der Waals surface area contributed by atoms with Crippen molar-refractivity contribution < 1.29 is 14.2 Å². The summed E-state index contributed by atoms with van der Waals surface area (Å²) < 4.78 is 16.9. The highest BCUT2D eigenvalue weighted by Gasteiger charge is 1.95. The smallest absolute Gasteiger partial charge is 0.347 e. The Morgan fingerprint density at radius 3 is 2.59 bits per heavy atom. The number of methoxy groups -OCH3 is 1. The standard InChI is InChI=1S/C11H18N2O4/c1-15-7-8-17-10-9-16-6-5-13-4-2-3-12-11(13)14/h2-4H,5-10H2,1H3. The molecule has 0 bridgehead atoms. The molecule has 0 fully saturated rings. The molecular weight excluding hydrogens is 224 g/mol. The van der Waals surface area contributed by atoms with Crippen LogP contribution in [0.15, 0.2) is 23.3 Å². The molecule has 1 aromatic rings. The fraction of sp³-hybridized carbons (Fsp3) is 0.636. The number of aromatic nitrogens is 2. The molecule has 0 saturated carbocycles. The van der Waals surface area contributed by atoms with Gasteiger partial charge >= 0.3 is 5.69 Å². The first-order chi connectivity index (χ1) is 8.34. The lowest BCUT2D eigenvalue weighted by Crippen LogP contribution is -2.24. The summed E-state index contributed by atoms with van der Waals surface area (Å²) in [7, 11) is 1.63. The zero-order chi connectivity index (χ0) is 12.3. The monoisotopic (exact) mass is 242 g/mol. The summed E-state index contributed by atoms with van der Waals surface area (Å²) in [6, 6.07) is 1.72. The molecule has 1 rings (SSSR count). The normalized spacial score (nSPS) is 10.6. The molecule has 0 aliphatic rings. The Hall–Kier alpha value is -1.24. The van der Waals surface area contributed by atoms with E-state index in [1.807, 2.05) is 0 Å². The lowest BCUT2D eigenvalue weighted by atomic mass is 10.6. The minimum absolute atomic E-state index is 0.257. The van der Waals surface area contributed by atoms with Gasteiger partial charge in [0.1, 0.15) is 0 Å². The number of hydrogen-bond acceptors (Lipinski definition) is 5. The van der Waals surface area contributed by atoms with Crippen LogP contribution in [-0.2, 0) is 20.8 Å². The van der Waals surface area contributed by atoms with Gasteiger partial charge in [0.15, 0.2) is 0 Å². The Morgan fingerprint density at radius 2 is 1.88 bits per heavy atom. The predicted molar refractivity (Wildman–Crippen MR) is 62.0 cm³/mol. The summed E-state index contributed by atoms with van der Waals surface area (Å²) in [5.74, 6) is 0. The molecule has 6 heteroatoms. The van der Waals surface area contributed by atoms with E-state index in [4.69, 9.17) is 14.2 Å². The molecule has 0 aromatic carbocycles. The molecule has 1 heterocycles. The van der Waals surface area contributed by atoms with E-state index in [1.54, 1.807) is 19.4 Å². The molecule has 0 radical (unpaired) electrons. The maximum atomic E-state index is 11.2. The maximum Gasteiger partial charge on any atom is 0.347 e. The van der Waals surface area contributed by atoms with Crippen LogP contribution >= 0.6 is 0 Å². The van der Waals surface area contributed by atoms with E-state index < -0.39 is 0 Å². The van der Waals surface area contributed by atoms with E-state index in [0.29, 0.717) is 39.6 Å². The van der Waals surface area contributed by atoms with Gasteiger partial charge in [-0.2, -0.15) is 0 Å². The molecule has 0 spiro atoms. The van der Waals surface area contributed by atoms with Gasteiger partial charge in [-0.1, -0.05) is 0 Å². The van der Waals surface area contributed by atoms with Crippen molar-refractivity contribution in [2.45, 2.75) is 6.54 Å². The third-order valence-corrected chi connectivity index (χ3v) is 2.06. The van der Waals surface area contributed by atoms with Gasteiger partial charge in [0.2, 0.25) is 0 Å². The van der Waals surface area contributed by atoms with E-state index in [2.05, 4.69) is 4.98 Å². The van der Waals surface area contributed by atoms with Crippen molar-refractivity contribution in [2.24, 2.45) is 0 Å². The van der Waals surface area contributed by atoms with Crippen molar-refractivity contribution >= 4 is 0 Å². The number of rotatable bonds is 9. The van der Waals surface area contributed by atoms with Gasteiger partial charge in [-0.15, -0.1) is 0 Å². The van der Waals surface area contributed by atoms with Gasteiger partial charge in [-0.05, 0) is 6.07 Å². The lowest BCUT2D eigenvalue weighted by Gasteiger charge is -2.06. The van der Waals surface area contributed by atoms with E-state index in [0.717, 1.165) is 0 Å². The molecule has 0 saturated heterocycles. The van der Waals surface area contributed by atoms with E-state index in [1.165, 1.54) is 10.8 Å². The minimum Gasteiger partial charge on any atom is -0.382 e. The first kappa shape index (κ1) is 13.8. The third-order valence-electron chi connectivity index (χ3n) is 2.06. The van der Waals surface area contributed by atoms with E-state index >= 15 is 0 Å². The van der Waals surface area contributed by atoms with E-state index in [9.17, 15) is 4.79 Å². The number of ether oxygens (including phenoxy) is 3. The summed E-state index contributed by atoms with van der Waals surface area (Å²) in [6.45, 7) is 3.18. The van der Waals surface area contributed by atoms with Crippen LogP contribution in [0.5, 0.6) is 0 Å². The van der Waals surface area contributed by atoms with Gasteiger partial charge < -0.3 is 14.2 Å². The molecule has 0 N–H and O–H groups in total. The van der Waals surface area contributed by atoms with Crippen LogP contribution < -0.4 is 5.69 Å². The summed E-state index contributed by atoms with van der Waals surface area (Å²) in [4.78, 5) is 14.9. The second-order valence-electron chi connectivity index (χ2n) is 3.31. The van der Waals surface area contributed by atoms with Gasteiger partial charge in [0.25, 0.3) is 0 Å². The fourth-order valence-electron chi connectivity index (χ4n) is 1.18. The van der Waals surface area contributed by atoms with Crippen molar-refractivity contribution in [3.05, 3.63) is 28.9 Å². The molecule has 0 aliphatic heterocycles. The molecule has 0 atom stereocenters. The Kier molecular flexibility index (Phi) is 7.20. The minimum atomic E-state index is -0.257. The predicted octanol–water partition coefficient (Wildman–Crippen LogP) is -0.0771. The second-order valence-corrected chi connectivity index (χ2v) is 3.31. The Balaban J connectivity index is 2.01. The molecule has 0 amide bonds. The van der Waals surface area contributed by atoms with Crippen LogP contribution in [0.25, 0.3) is 0 Å². The first-order valence-corrected chi connectivity index (χ1v) is 5.50. The highest BCUT2D eigenvalue weighted by Crippen LogP contribution is 1.83. The zero-order valence-corrected chi connectivity index (χ0v) is 10.0. The van der Waals surface area contributed by atoms with Crippen molar-refractivity contribution in [2.75, 3.05) is 40.1 Å². The molecule has 0 unspecified atom stereocenters. The molecule has 96 valence electrons. The van der Waals surface area contributed by atoms with E-state index in [-0.39, 0.29) is 5.69 Å². The maximum absolute atomic E-state index is 11.2. The van der Waals surface area contributed by atoms with Gasteiger partial charge in [0.05, 0.1) is 39.6 Å². The average Bonchev–Trinajstić information content (AvgIpc) is 2.35. The van der Waals surface area contributed by atoms with Crippen LogP contribution in [0.4, 0.5) is 0 Å². The molecule has 0 aliphatic carbocycles. The van der Waals surface area contributed by atoms with Crippen molar-refractivity contribution in [1.82, 2.24) is 9.55 Å². The van der Waals surface area contributed by atoms with Crippen molar-refractivity contribution in [1.29, 1.82) is 0 Å². The van der Waals surface area contributed by atoms with Crippen LogP contribution in [0.3, 0.4) is 0 Å². The lowest BCUT2D eigenvalue weighted by molar-refractivity contribution is 0.0228. The van der Waals surface area contributed by atoms with Gasteiger partial charge in [-0.3, -0.25) is 4.57 Å². The highest BCUT2D eigenvalue weighted by molar-refractivity contribution is 4.80. The van der Waals surface area contributed by atoms with Gasteiger partial charge in [-0.25, -0.2) is 9.78 Å². The Morgan fingerprint density at radius 1 is 1.18 bits per heavy atom. The SMILES string of the molecule is COCCOCCOCCn1cccnc1=O. The summed E-state index contributed by atoms with van der Waals surface area (Å²) in [5.41, 5.74) is -0.257. The van der Waals surface area contributed by atoms with Crippen molar-refractivity contribution in [3.63, 3.8) is 0 Å². The average molecular weight is 242 g/mol. The number of hydrogen-bond donors (Lipinski definition) is 0. The number of nitrogens with zero attached hydrogens (tertiary/aromatic N) is 2. The summed E-state index contributed by atoms with van der Waals surface area (Å²) in [6.07, 6.45) is 3.16. The fourth-order valence-corrected chi connectivity index (χ4v) is 1.18. The van der Waals surface area contributed by atoms with Crippen molar-refractivity contribution in [3.8, 4) is 0 Å². The molecular formula is C11H18N2O4. The zero-order valence-electron chi connectivity index (χ0n) is 10.0. The summed E-state index contributed by atoms with van der Waals surface area (Å²) >= 11 is 0. The van der Waals surface area contributed by atoms with Crippen LogP contribution in [0.1, 0.15) is 0 Å². The summed E-state index contributed by atoms with van der Waals surface area (Å²) in [5, 5.41) is 0. The Labute approximate surface area is 100 Å². The molecule has 17 heavy (non-hydrogen) atoms. The van der Waals surface area contributed by atoms with Crippen LogP contribution in [0, 0.1) is 0 Å².